The van der Waals surface area contributed by atoms with Gasteiger partial charge in [-0.05, 0) is 24.5 Å². The van der Waals surface area contributed by atoms with Gasteiger partial charge < -0.3 is 4.98 Å². The fourth-order valence-corrected chi connectivity index (χ4v) is 1.76. The lowest BCUT2D eigenvalue weighted by Gasteiger charge is -1.94. The highest BCUT2D eigenvalue weighted by Crippen LogP contribution is 2.21. The molecular weight excluding hydrogens is 182 g/mol. The lowest BCUT2D eigenvalue weighted by Crippen LogP contribution is -1.75. The third kappa shape index (κ3) is 1.47. The van der Waals surface area contributed by atoms with Crippen molar-refractivity contribution in [2.24, 2.45) is 0 Å². The second kappa shape index (κ2) is 3.26. The summed E-state index contributed by atoms with van der Waals surface area (Å²) in [6, 6.07) is 7.97. The molecule has 0 atom stereocenters. The predicted molar refractivity (Wildman–Crippen MR) is 55.5 cm³/mol. The normalized spacial score (nSPS) is 10.5. The van der Waals surface area contributed by atoms with Gasteiger partial charge in [0.15, 0.2) is 6.29 Å². The topological polar surface area (TPSA) is 32.9 Å². The van der Waals surface area contributed by atoms with Gasteiger partial charge in [0, 0.05) is 15.8 Å². The number of aromatic nitrogens is 1. The van der Waals surface area contributed by atoms with Gasteiger partial charge in [-0.3, -0.25) is 4.79 Å². The predicted octanol–water partition coefficient (Wildman–Crippen LogP) is 2.70. The number of thioether (sulfide) groups is 1. The summed E-state index contributed by atoms with van der Waals surface area (Å²) in [6.07, 6.45) is 2.86. The summed E-state index contributed by atoms with van der Waals surface area (Å²) in [7, 11) is 0. The van der Waals surface area contributed by atoms with Gasteiger partial charge in [0.05, 0.1) is 5.69 Å². The summed E-state index contributed by atoms with van der Waals surface area (Å²) in [6.45, 7) is 0. The maximum absolute atomic E-state index is 10.5. The van der Waals surface area contributed by atoms with Crippen LogP contribution < -0.4 is 0 Å². The van der Waals surface area contributed by atoms with E-state index in [1.54, 1.807) is 11.8 Å². The Kier molecular flexibility index (Phi) is 2.10. The van der Waals surface area contributed by atoms with Crippen LogP contribution in [-0.4, -0.2) is 17.5 Å². The van der Waals surface area contributed by atoms with Crippen LogP contribution in [0.5, 0.6) is 0 Å². The van der Waals surface area contributed by atoms with Crippen LogP contribution >= 0.6 is 11.8 Å². The monoisotopic (exact) mass is 191 g/mol. The summed E-state index contributed by atoms with van der Waals surface area (Å²) < 4.78 is 0. The number of H-pyrrole nitrogens is 1. The minimum absolute atomic E-state index is 0.633. The van der Waals surface area contributed by atoms with Crippen molar-refractivity contribution in [2.45, 2.75) is 4.90 Å². The highest BCUT2D eigenvalue weighted by Gasteiger charge is 1.99. The molecule has 2 aromatic rings. The molecule has 1 heterocycles. The first kappa shape index (κ1) is 8.38. The average Bonchev–Trinajstić information content (AvgIpc) is 2.58. The van der Waals surface area contributed by atoms with Crippen molar-refractivity contribution in [3.8, 4) is 0 Å². The molecule has 0 saturated heterocycles. The third-order valence-electron chi connectivity index (χ3n) is 1.98. The summed E-state index contributed by atoms with van der Waals surface area (Å²) in [5, 5.41) is 1.08. The first-order valence-electron chi connectivity index (χ1n) is 3.95. The number of rotatable bonds is 2. The van der Waals surface area contributed by atoms with Gasteiger partial charge in [0.1, 0.15) is 0 Å². The summed E-state index contributed by atoms with van der Waals surface area (Å²) in [5.41, 5.74) is 1.65. The molecule has 0 saturated carbocycles. The summed E-state index contributed by atoms with van der Waals surface area (Å²) in [5.74, 6) is 0. The Balaban J connectivity index is 2.63. The standard InChI is InChI=1S/C10H9NOS/c1-13-9-3-2-7-4-8(6-12)11-10(7)5-9/h2-6,11H,1H3. The van der Waals surface area contributed by atoms with Crippen LogP contribution in [0.15, 0.2) is 29.2 Å². The van der Waals surface area contributed by atoms with Gasteiger partial charge in [-0.15, -0.1) is 11.8 Å². The zero-order valence-electron chi connectivity index (χ0n) is 7.20. The van der Waals surface area contributed by atoms with E-state index in [2.05, 4.69) is 11.1 Å². The molecule has 13 heavy (non-hydrogen) atoms. The number of aldehydes is 1. The third-order valence-corrected chi connectivity index (χ3v) is 2.70. The maximum atomic E-state index is 10.5. The van der Waals surface area contributed by atoms with E-state index < -0.39 is 0 Å². The second-order valence-corrected chi connectivity index (χ2v) is 3.68. The number of aromatic amines is 1. The van der Waals surface area contributed by atoms with E-state index in [0.29, 0.717) is 5.69 Å². The van der Waals surface area contributed by atoms with Crippen molar-refractivity contribution < 1.29 is 4.79 Å². The molecule has 1 aromatic carbocycles. The highest BCUT2D eigenvalue weighted by atomic mass is 32.2. The van der Waals surface area contributed by atoms with Gasteiger partial charge in [-0.1, -0.05) is 6.07 Å². The number of carbonyl (C=O) groups excluding carboxylic acids is 1. The molecule has 0 aliphatic heterocycles. The highest BCUT2D eigenvalue weighted by molar-refractivity contribution is 7.98. The molecule has 1 N–H and O–H groups in total. The Hall–Kier alpha value is -1.22. The van der Waals surface area contributed by atoms with Crippen LogP contribution in [0.25, 0.3) is 10.9 Å². The molecule has 0 spiro atoms. The zero-order valence-corrected chi connectivity index (χ0v) is 8.02. The molecule has 0 fully saturated rings. The Bertz CT molecular complexity index is 447. The largest absolute Gasteiger partial charge is 0.352 e. The van der Waals surface area contributed by atoms with Gasteiger partial charge >= 0.3 is 0 Å². The molecule has 0 radical (unpaired) electrons. The van der Waals surface area contributed by atoms with Crippen molar-refractivity contribution in [1.82, 2.24) is 4.98 Å². The number of hydrogen-bond acceptors (Lipinski definition) is 2. The molecule has 0 unspecified atom stereocenters. The lowest BCUT2D eigenvalue weighted by molar-refractivity contribution is 0.112. The molecule has 0 amide bonds. The van der Waals surface area contributed by atoms with Crippen LogP contribution in [0, 0.1) is 0 Å². The Labute approximate surface area is 80.3 Å². The molecule has 0 bridgehead atoms. The number of hydrogen-bond donors (Lipinski definition) is 1. The maximum Gasteiger partial charge on any atom is 0.166 e. The molecule has 66 valence electrons. The van der Waals surface area contributed by atoms with Gasteiger partial charge in [-0.25, -0.2) is 0 Å². The molecule has 2 nitrogen and oxygen atoms in total. The molecule has 1 aromatic heterocycles. The van der Waals surface area contributed by atoms with Crippen molar-refractivity contribution in [2.75, 3.05) is 6.26 Å². The van der Waals surface area contributed by atoms with E-state index in [9.17, 15) is 4.79 Å². The molecular formula is C10H9NOS. The first-order chi connectivity index (χ1) is 6.33. The fourth-order valence-electron chi connectivity index (χ4n) is 1.32. The zero-order chi connectivity index (χ0) is 9.26. The number of fused-ring (bicyclic) bond motifs is 1. The molecule has 0 aliphatic carbocycles. The van der Waals surface area contributed by atoms with Crippen molar-refractivity contribution in [1.29, 1.82) is 0 Å². The Morgan fingerprint density at radius 3 is 2.92 bits per heavy atom. The molecule has 2 rings (SSSR count). The van der Waals surface area contributed by atoms with E-state index in [-0.39, 0.29) is 0 Å². The Morgan fingerprint density at radius 1 is 1.38 bits per heavy atom. The van der Waals surface area contributed by atoms with E-state index in [0.717, 1.165) is 17.2 Å². The fraction of sp³-hybridized carbons (Fsp3) is 0.100. The lowest BCUT2D eigenvalue weighted by atomic mass is 10.2. The second-order valence-electron chi connectivity index (χ2n) is 2.80. The summed E-state index contributed by atoms with van der Waals surface area (Å²) >= 11 is 1.69. The minimum atomic E-state index is 0.633. The quantitative estimate of drug-likeness (QED) is 0.584. The van der Waals surface area contributed by atoms with E-state index in [1.807, 2.05) is 24.5 Å². The van der Waals surface area contributed by atoms with Crippen LogP contribution in [0.3, 0.4) is 0 Å². The van der Waals surface area contributed by atoms with E-state index in [4.69, 9.17) is 0 Å². The smallest absolute Gasteiger partial charge is 0.166 e. The first-order valence-corrected chi connectivity index (χ1v) is 5.18. The van der Waals surface area contributed by atoms with Crippen LogP contribution in [0.2, 0.25) is 0 Å². The SMILES string of the molecule is CSc1ccc2cc(C=O)[nH]c2c1. The molecule has 3 heteroatoms. The molecule has 0 aliphatic rings. The number of nitrogens with one attached hydrogen (secondary N) is 1. The van der Waals surface area contributed by atoms with Gasteiger partial charge in [0.2, 0.25) is 0 Å². The summed E-state index contributed by atoms with van der Waals surface area (Å²) in [4.78, 5) is 14.7. The number of carbonyl (C=O) groups is 1. The van der Waals surface area contributed by atoms with Crippen molar-refractivity contribution in [3.63, 3.8) is 0 Å². The van der Waals surface area contributed by atoms with E-state index >= 15 is 0 Å². The Morgan fingerprint density at radius 2 is 2.23 bits per heavy atom. The average molecular weight is 191 g/mol. The van der Waals surface area contributed by atoms with Crippen LogP contribution in [0.1, 0.15) is 10.5 Å². The van der Waals surface area contributed by atoms with Crippen molar-refractivity contribution in [3.05, 3.63) is 30.0 Å². The van der Waals surface area contributed by atoms with Gasteiger partial charge in [-0.2, -0.15) is 0 Å². The van der Waals surface area contributed by atoms with Crippen molar-refractivity contribution >= 4 is 29.0 Å². The minimum Gasteiger partial charge on any atom is -0.352 e. The van der Waals surface area contributed by atoms with E-state index in [1.165, 1.54) is 4.90 Å². The van der Waals surface area contributed by atoms with Crippen LogP contribution in [-0.2, 0) is 0 Å². The number of benzene rings is 1. The van der Waals surface area contributed by atoms with Crippen LogP contribution in [0.4, 0.5) is 0 Å². The van der Waals surface area contributed by atoms with Gasteiger partial charge in [0.25, 0.3) is 0 Å².